The molecule has 0 radical (unpaired) electrons. The van der Waals surface area contributed by atoms with Crippen LogP contribution >= 0.6 is 0 Å². The lowest BCUT2D eigenvalue weighted by Gasteiger charge is -2.32. The molecule has 2 aliphatic heterocycles. The van der Waals surface area contributed by atoms with Gasteiger partial charge in [-0.1, -0.05) is 39.0 Å². The minimum Gasteiger partial charge on any atom is -0.468 e. The average Bonchev–Trinajstić information content (AvgIpc) is 3.08. The molecule has 2 aliphatic rings. The molecule has 2 fully saturated rings. The number of fused-ring (bicyclic) bond motifs is 1. The fourth-order valence-corrected chi connectivity index (χ4v) is 5.63. The Hall–Kier alpha value is -2.13. The normalized spacial score (nSPS) is 19.2. The fourth-order valence-electron chi connectivity index (χ4n) is 5.63. The maximum Gasteiger partial charge on any atom is 0.320 e. The van der Waals surface area contributed by atoms with Gasteiger partial charge in [-0.15, -0.1) is 0 Å². The van der Waals surface area contributed by atoms with Crippen molar-refractivity contribution in [3.05, 3.63) is 0 Å². The number of likely N-dealkylation sites (tertiary alicyclic amines) is 2. The van der Waals surface area contributed by atoms with Crippen molar-refractivity contribution in [2.24, 2.45) is 0 Å². The third-order valence-electron chi connectivity index (χ3n) is 7.67. The van der Waals surface area contributed by atoms with Crippen molar-refractivity contribution in [2.45, 2.75) is 96.6 Å². The number of unbranched alkanes of at least 4 members (excludes halogenated alkanes) is 2. The lowest BCUT2D eigenvalue weighted by Crippen LogP contribution is -2.34. The van der Waals surface area contributed by atoms with Crippen LogP contribution in [0.15, 0.2) is 0 Å². The Balaban J connectivity index is 1.57. The Bertz CT molecular complexity index is 918. The van der Waals surface area contributed by atoms with E-state index in [-0.39, 0.29) is 6.17 Å². The summed E-state index contributed by atoms with van der Waals surface area (Å²) in [5.74, 6) is 0.347. The third-order valence-corrected chi connectivity index (χ3v) is 7.67. The van der Waals surface area contributed by atoms with E-state index < -0.39 is 0 Å². The number of anilines is 1. The number of hydrogen-bond donors (Lipinski definition) is 1. The van der Waals surface area contributed by atoms with Gasteiger partial charge < -0.3 is 20.1 Å². The van der Waals surface area contributed by atoms with Crippen LogP contribution < -0.4 is 15.2 Å². The van der Waals surface area contributed by atoms with Crippen molar-refractivity contribution in [1.82, 2.24) is 29.3 Å². The Morgan fingerprint density at radius 2 is 1.56 bits per heavy atom. The molecule has 36 heavy (non-hydrogen) atoms. The van der Waals surface area contributed by atoms with Gasteiger partial charge in [0, 0.05) is 13.1 Å². The third kappa shape index (κ3) is 7.00. The van der Waals surface area contributed by atoms with Crippen LogP contribution in [-0.4, -0.2) is 75.8 Å². The lowest BCUT2D eigenvalue weighted by atomic mass is 10.1. The summed E-state index contributed by atoms with van der Waals surface area (Å²) in [5.41, 5.74) is 7.65. The van der Waals surface area contributed by atoms with Crippen molar-refractivity contribution in [3.63, 3.8) is 0 Å². The van der Waals surface area contributed by atoms with Crippen LogP contribution in [0.1, 0.15) is 96.6 Å². The van der Waals surface area contributed by atoms with Crippen LogP contribution in [0.4, 0.5) is 5.82 Å². The van der Waals surface area contributed by atoms with E-state index in [4.69, 9.17) is 25.2 Å². The summed E-state index contributed by atoms with van der Waals surface area (Å²) >= 11 is 0. The van der Waals surface area contributed by atoms with Gasteiger partial charge in [-0.2, -0.15) is 15.0 Å². The van der Waals surface area contributed by atoms with Gasteiger partial charge >= 0.3 is 6.01 Å². The summed E-state index contributed by atoms with van der Waals surface area (Å²) in [6.45, 7) is 8.59. The highest BCUT2D eigenvalue weighted by atomic mass is 16.5. The first-order chi connectivity index (χ1) is 17.7. The molecule has 202 valence electrons. The molecule has 2 aromatic rings. The Morgan fingerprint density at radius 1 is 0.861 bits per heavy atom. The maximum absolute atomic E-state index is 6.34. The van der Waals surface area contributed by atoms with Crippen LogP contribution in [0.2, 0.25) is 0 Å². The Morgan fingerprint density at radius 3 is 2.22 bits per heavy atom. The molecule has 1 unspecified atom stereocenters. The largest absolute Gasteiger partial charge is 0.468 e. The number of nitrogens with two attached hydrogens (primary N) is 1. The number of nitrogens with zero attached hydrogens (tertiary/aromatic N) is 6. The molecular weight excluding hydrogens is 454 g/mol. The Labute approximate surface area is 216 Å². The van der Waals surface area contributed by atoms with Crippen LogP contribution in [0.5, 0.6) is 12.0 Å². The zero-order chi connectivity index (χ0) is 25.2. The summed E-state index contributed by atoms with van der Waals surface area (Å²) in [7, 11) is 1.68. The maximum atomic E-state index is 6.34. The highest BCUT2D eigenvalue weighted by molar-refractivity contribution is 5.83. The molecular formula is C27H47N7O2. The number of imidazole rings is 1. The Kier molecular flexibility index (Phi) is 10.5. The van der Waals surface area contributed by atoms with Gasteiger partial charge in [0.1, 0.15) is 0 Å². The molecule has 0 saturated carbocycles. The first kappa shape index (κ1) is 26.9. The summed E-state index contributed by atoms with van der Waals surface area (Å²) in [6.07, 6.45) is 16.0. The van der Waals surface area contributed by atoms with E-state index >= 15 is 0 Å². The predicted molar refractivity (Wildman–Crippen MR) is 145 cm³/mol. The highest BCUT2D eigenvalue weighted by Crippen LogP contribution is 2.34. The molecule has 2 aromatic heterocycles. The van der Waals surface area contributed by atoms with Crippen molar-refractivity contribution in [2.75, 3.05) is 52.2 Å². The second-order valence-corrected chi connectivity index (χ2v) is 10.4. The van der Waals surface area contributed by atoms with Gasteiger partial charge in [0.25, 0.3) is 6.01 Å². The SMILES string of the molecule is CCCCOc1nc(N)c2nc(OC)n(C(CCCCN3CCCCCC3)N3CCCCCC3)c2n1. The first-order valence-corrected chi connectivity index (χ1v) is 14.4. The molecule has 0 aliphatic carbocycles. The molecule has 1 atom stereocenters. The molecule has 9 heteroatoms. The fraction of sp³-hybridized carbons (Fsp3) is 0.815. The summed E-state index contributed by atoms with van der Waals surface area (Å²) < 4.78 is 13.8. The molecule has 0 spiro atoms. The molecule has 2 saturated heterocycles. The molecule has 0 amide bonds. The number of nitrogen functional groups attached to an aromatic ring is 1. The molecule has 0 aromatic carbocycles. The zero-order valence-electron chi connectivity index (χ0n) is 22.6. The molecule has 4 rings (SSSR count). The van der Waals surface area contributed by atoms with Crippen molar-refractivity contribution in [3.8, 4) is 12.0 Å². The second kappa shape index (κ2) is 14.0. The van der Waals surface area contributed by atoms with Crippen LogP contribution in [0, 0.1) is 0 Å². The summed E-state index contributed by atoms with van der Waals surface area (Å²) in [5, 5.41) is 0. The predicted octanol–water partition coefficient (Wildman–Crippen LogP) is 5.02. The van der Waals surface area contributed by atoms with Gasteiger partial charge in [0.15, 0.2) is 17.0 Å². The van der Waals surface area contributed by atoms with E-state index in [1.807, 2.05) is 0 Å². The van der Waals surface area contributed by atoms with E-state index in [0.29, 0.717) is 35.6 Å². The first-order valence-electron chi connectivity index (χ1n) is 14.4. The van der Waals surface area contributed by atoms with Crippen LogP contribution in [0.3, 0.4) is 0 Å². The van der Waals surface area contributed by atoms with Gasteiger partial charge in [0.05, 0.1) is 19.9 Å². The average molecular weight is 502 g/mol. The minimum atomic E-state index is 0.130. The molecule has 2 N–H and O–H groups in total. The standard InChI is InChI=1S/C27H47N7O2/c1-3-4-21-36-26-30-24(28)23-25(31-26)34(27(29-23)35-2)22(33-19-12-7-8-13-20-33)15-9-14-18-32-16-10-5-6-11-17-32/h22H,3-21H2,1-2H3,(H2,28,30,31). The summed E-state index contributed by atoms with van der Waals surface area (Å²) in [4.78, 5) is 19.2. The molecule has 9 nitrogen and oxygen atoms in total. The van der Waals surface area contributed by atoms with Crippen molar-refractivity contribution >= 4 is 17.0 Å². The number of methoxy groups -OCH3 is 1. The topological polar surface area (TPSA) is 94.6 Å². The van der Waals surface area contributed by atoms with E-state index in [0.717, 1.165) is 38.8 Å². The number of aromatic nitrogens is 4. The van der Waals surface area contributed by atoms with E-state index in [2.05, 4.69) is 26.3 Å². The van der Waals surface area contributed by atoms with Crippen LogP contribution in [0.25, 0.3) is 11.2 Å². The lowest BCUT2D eigenvalue weighted by molar-refractivity contribution is 0.123. The van der Waals surface area contributed by atoms with Crippen LogP contribution in [-0.2, 0) is 0 Å². The van der Waals surface area contributed by atoms with E-state index in [9.17, 15) is 0 Å². The van der Waals surface area contributed by atoms with Gasteiger partial charge in [-0.25, -0.2) is 0 Å². The quantitative estimate of drug-likeness (QED) is 0.405. The smallest absolute Gasteiger partial charge is 0.320 e. The zero-order valence-corrected chi connectivity index (χ0v) is 22.6. The van der Waals surface area contributed by atoms with Gasteiger partial charge in [-0.3, -0.25) is 9.47 Å². The highest BCUT2D eigenvalue weighted by Gasteiger charge is 2.28. The minimum absolute atomic E-state index is 0.130. The van der Waals surface area contributed by atoms with Gasteiger partial charge in [-0.05, 0) is 71.0 Å². The van der Waals surface area contributed by atoms with E-state index in [1.54, 1.807) is 7.11 Å². The van der Waals surface area contributed by atoms with E-state index in [1.165, 1.54) is 77.4 Å². The number of ether oxygens (including phenoxy) is 2. The van der Waals surface area contributed by atoms with Crippen molar-refractivity contribution < 1.29 is 9.47 Å². The number of hydrogen-bond acceptors (Lipinski definition) is 8. The molecule has 0 bridgehead atoms. The monoisotopic (exact) mass is 501 g/mol. The van der Waals surface area contributed by atoms with Gasteiger partial charge in [0.2, 0.25) is 0 Å². The van der Waals surface area contributed by atoms with Crippen molar-refractivity contribution in [1.29, 1.82) is 0 Å². The summed E-state index contributed by atoms with van der Waals surface area (Å²) in [6, 6.07) is 0.881. The number of rotatable bonds is 12. The molecule has 4 heterocycles. The second-order valence-electron chi connectivity index (χ2n) is 10.4.